The minimum absolute atomic E-state index is 0.661. The van der Waals surface area contributed by atoms with Gasteiger partial charge in [0, 0.05) is 32.2 Å². The Kier molecular flexibility index (Phi) is 2.81. The van der Waals surface area contributed by atoms with E-state index in [1.165, 1.54) is 25.9 Å². The van der Waals surface area contributed by atoms with Gasteiger partial charge in [-0.1, -0.05) is 0 Å². The third-order valence-electron chi connectivity index (χ3n) is 3.57. The molecule has 86 valence electrons. The lowest BCUT2D eigenvalue weighted by molar-refractivity contribution is 0.250. The second-order valence-corrected chi connectivity index (χ2v) is 5.29. The third-order valence-corrected chi connectivity index (χ3v) is 3.99. The standard InChI is InChI=1S/C11H15BrN4/c12-10-1-2-11(14-13-10)16-8-7-15-5-3-9(16)4-6-15/h1-2,9H,3-8H2. The molecule has 3 fully saturated rings. The highest BCUT2D eigenvalue weighted by Crippen LogP contribution is 2.25. The predicted octanol–water partition coefficient (Wildman–Crippen LogP) is 1.52. The van der Waals surface area contributed by atoms with Crippen LogP contribution in [0.5, 0.6) is 0 Å². The molecule has 0 aliphatic carbocycles. The summed E-state index contributed by atoms with van der Waals surface area (Å²) in [5.74, 6) is 1.02. The lowest BCUT2D eigenvalue weighted by Gasteiger charge is -2.31. The topological polar surface area (TPSA) is 32.3 Å². The van der Waals surface area contributed by atoms with Gasteiger partial charge in [0.25, 0.3) is 0 Å². The van der Waals surface area contributed by atoms with E-state index >= 15 is 0 Å². The van der Waals surface area contributed by atoms with Crippen LogP contribution in [0.1, 0.15) is 12.8 Å². The maximum atomic E-state index is 4.27. The molecule has 1 aromatic rings. The third kappa shape index (κ3) is 1.94. The molecule has 0 amide bonds. The molecule has 3 aliphatic heterocycles. The lowest BCUT2D eigenvalue weighted by Crippen LogP contribution is -2.38. The molecule has 3 aliphatic rings. The van der Waals surface area contributed by atoms with Gasteiger partial charge in [-0.2, -0.15) is 0 Å². The molecule has 0 unspecified atom stereocenters. The zero-order chi connectivity index (χ0) is 11.0. The summed E-state index contributed by atoms with van der Waals surface area (Å²) >= 11 is 3.32. The highest BCUT2D eigenvalue weighted by molar-refractivity contribution is 9.10. The minimum Gasteiger partial charge on any atom is -0.351 e. The van der Waals surface area contributed by atoms with Crippen molar-refractivity contribution in [1.82, 2.24) is 15.1 Å². The van der Waals surface area contributed by atoms with E-state index in [0.717, 1.165) is 23.5 Å². The van der Waals surface area contributed by atoms with Crippen molar-refractivity contribution in [3.05, 3.63) is 16.7 Å². The lowest BCUT2D eigenvalue weighted by atomic mass is 10.1. The zero-order valence-corrected chi connectivity index (χ0v) is 10.7. The molecule has 0 aromatic carbocycles. The molecule has 2 bridgehead atoms. The van der Waals surface area contributed by atoms with Crippen LogP contribution in [0.15, 0.2) is 16.7 Å². The number of nitrogens with zero attached hydrogens (tertiary/aromatic N) is 4. The smallest absolute Gasteiger partial charge is 0.151 e. The van der Waals surface area contributed by atoms with Crippen molar-refractivity contribution in [3.8, 4) is 0 Å². The van der Waals surface area contributed by atoms with Crippen LogP contribution in [0.25, 0.3) is 0 Å². The molecular weight excluding hydrogens is 268 g/mol. The van der Waals surface area contributed by atoms with Crippen molar-refractivity contribution in [2.45, 2.75) is 18.9 Å². The van der Waals surface area contributed by atoms with Crippen LogP contribution >= 0.6 is 15.9 Å². The fraction of sp³-hybridized carbons (Fsp3) is 0.636. The molecule has 4 heterocycles. The highest BCUT2D eigenvalue weighted by atomic mass is 79.9. The summed E-state index contributed by atoms with van der Waals surface area (Å²) in [4.78, 5) is 4.97. The first-order chi connectivity index (χ1) is 7.83. The van der Waals surface area contributed by atoms with Crippen LogP contribution in [0.3, 0.4) is 0 Å². The van der Waals surface area contributed by atoms with Crippen molar-refractivity contribution < 1.29 is 0 Å². The van der Waals surface area contributed by atoms with E-state index in [1.54, 1.807) is 0 Å². The van der Waals surface area contributed by atoms with Crippen LogP contribution < -0.4 is 4.90 Å². The van der Waals surface area contributed by atoms with Crippen molar-refractivity contribution in [3.63, 3.8) is 0 Å². The fourth-order valence-electron chi connectivity index (χ4n) is 2.65. The van der Waals surface area contributed by atoms with Crippen molar-refractivity contribution in [2.75, 3.05) is 31.1 Å². The Labute approximate surface area is 104 Å². The number of aromatic nitrogens is 2. The molecule has 3 saturated heterocycles. The molecule has 4 rings (SSSR count). The number of rotatable bonds is 1. The molecule has 5 heteroatoms. The van der Waals surface area contributed by atoms with Gasteiger partial charge in [0.2, 0.25) is 0 Å². The average Bonchev–Trinajstić information content (AvgIpc) is 2.64. The summed E-state index contributed by atoms with van der Waals surface area (Å²) in [6, 6.07) is 4.69. The SMILES string of the molecule is Brc1ccc(N2CCN3CCC2CC3)nn1. The van der Waals surface area contributed by atoms with Gasteiger partial charge in [0.15, 0.2) is 5.82 Å². The summed E-state index contributed by atoms with van der Waals surface area (Å²) in [5, 5.41) is 8.35. The van der Waals surface area contributed by atoms with Crippen LogP contribution in [-0.4, -0.2) is 47.3 Å². The molecule has 16 heavy (non-hydrogen) atoms. The normalized spacial score (nSPS) is 29.2. The maximum absolute atomic E-state index is 4.27. The number of anilines is 1. The van der Waals surface area contributed by atoms with Crippen LogP contribution in [-0.2, 0) is 0 Å². The predicted molar refractivity (Wildman–Crippen MR) is 66.5 cm³/mol. The minimum atomic E-state index is 0.661. The molecular formula is C11H15BrN4. The van der Waals surface area contributed by atoms with Crippen molar-refractivity contribution in [1.29, 1.82) is 0 Å². The van der Waals surface area contributed by atoms with Gasteiger partial charge in [-0.25, -0.2) is 0 Å². The van der Waals surface area contributed by atoms with E-state index in [1.807, 2.05) is 6.07 Å². The summed E-state index contributed by atoms with van der Waals surface area (Å²) in [7, 11) is 0. The summed E-state index contributed by atoms with van der Waals surface area (Å²) in [6.45, 7) is 4.73. The van der Waals surface area contributed by atoms with Gasteiger partial charge >= 0.3 is 0 Å². The Hall–Kier alpha value is -0.680. The number of piperidine rings is 1. The van der Waals surface area contributed by atoms with Gasteiger partial charge in [0.1, 0.15) is 4.60 Å². The molecule has 4 nitrogen and oxygen atoms in total. The summed E-state index contributed by atoms with van der Waals surface area (Å²) in [5.41, 5.74) is 0. The molecule has 1 aromatic heterocycles. The summed E-state index contributed by atoms with van der Waals surface area (Å²) in [6.07, 6.45) is 2.52. The van der Waals surface area contributed by atoms with E-state index in [-0.39, 0.29) is 0 Å². The van der Waals surface area contributed by atoms with E-state index in [4.69, 9.17) is 0 Å². The second kappa shape index (κ2) is 4.30. The fourth-order valence-corrected chi connectivity index (χ4v) is 2.86. The Morgan fingerprint density at radius 1 is 1.06 bits per heavy atom. The van der Waals surface area contributed by atoms with Crippen LogP contribution in [0.2, 0.25) is 0 Å². The molecule has 0 N–H and O–H groups in total. The van der Waals surface area contributed by atoms with Crippen LogP contribution in [0.4, 0.5) is 5.82 Å². The maximum Gasteiger partial charge on any atom is 0.151 e. The zero-order valence-electron chi connectivity index (χ0n) is 9.14. The van der Waals surface area contributed by atoms with E-state index < -0.39 is 0 Å². The first-order valence-electron chi connectivity index (χ1n) is 5.81. The highest BCUT2D eigenvalue weighted by Gasteiger charge is 2.29. The molecule has 0 spiro atoms. The molecule has 0 atom stereocenters. The summed E-state index contributed by atoms with van der Waals surface area (Å²) < 4.78 is 0.805. The number of hydrogen-bond acceptors (Lipinski definition) is 4. The monoisotopic (exact) mass is 282 g/mol. The number of fused-ring (bicyclic) bond motifs is 4. The first-order valence-corrected chi connectivity index (χ1v) is 6.60. The Bertz CT molecular complexity index is 359. The van der Waals surface area contributed by atoms with Gasteiger partial charge < -0.3 is 9.80 Å². The number of hydrogen-bond donors (Lipinski definition) is 0. The molecule has 0 saturated carbocycles. The Morgan fingerprint density at radius 3 is 2.56 bits per heavy atom. The second-order valence-electron chi connectivity index (χ2n) is 4.48. The average molecular weight is 283 g/mol. The van der Waals surface area contributed by atoms with E-state index in [0.29, 0.717) is 6.04 Å². The van der Waals surface area contributed by atoms with Gasteiger partial charge in [0.05, 0.1) is 0 Å². The van der Waals surface area contributed by atoms with E-state index in [2.05, 4.69) is 42.0 Å². The molecule has 0 radical (unpaired) electrons. The van der Waals surface area contributed by atoms with Crippen molar-refractivity contribution in [2.24, 2.45) is 0 Å². The largest absolute Gasteiger partial charge is 0.351 e. The Balaban J connectivity index is 1.85. The quantitative estimate of drug-likeness (QED) is 0.782. The van der Waals surface area contributed by atoms with Gasteiger partial charge in [-0.15, -0.1) is 10.2 Å². The number of halogens is 1. The van der Waals surface area contributed by atoms with Gasteiger partial charge in [-0.3, -0.25) is 0 Å². The Morgan fingerprint density at radius 2 is 1.88 bits per heavy atom. The first kappa shape index (κ1) is 10.5. The van der Waals surface area contributed by atoms with Crippen LogP contribution in [0, 0.1) is 0 Å². The van der Waals surface area contributed by atoms with Gasteiger partial charge in [-0.05, 0) is 40.9 Å². The van der Waals surface area contributed by atoms with Crippen molar-refractivity contribution >= 4 is 21.7 Å². The van der Waals surface area contributed by atoms with E-state index in [9.17, 15) is 0 Å².